The van der Waals surface area contributed by atoms with Crippen molar-refractivity contribution < 1.29 is 13.7 Å². The number of quaternary nitrogens is 1. The van der Waals surface area contributed by atoms with Crippen LogP contribution in [0.4, 0.5) is 0 Å². The zero-order valence-corrected chi connectivity index (χ0v) is 18.5. The van der Waals surface area contributed by atoms with Crippen molar-refractivity contribution in [1.29, 1.82) is 0 Å². The zero-order valence-electron chi connectivity index (χ0n) is 15.4. The van der Waals surface area contributed by atoms with Gasteiger partial charge in [0.15, 0.2) is 0 Å². The summed E-state index contributed by atoms with van der Waals surface area (Å²) in [6.07, 6.45) is 0. The average molecular weight is 451 g/mol. The summed E-state index contributed by atoms with van der Waals surface area (Å²) >= 11 is 19.0. The third kappa shape index (κ3) is 4.76. The number of benzene rings is 2. The van der Waals surface area contributed by atoms with Crippen LogP contribution in [0, 0.1) is 6.92 Å². The highest BCUT2D eigenvalue weighted by atomic mass is 35.5. The zero-order chi connectivity index (χ0) is 19.7. The lowest BCUT2D eigenvalue weighted by molar-refractivity contribution is -0.871. The van der Waals surface area contributed by atoms with Crippen molar-refractivity contribution in [3.63, 3.8) is 0 Å². The van der Waals surface area contributed by atoms with E-state index in [-0.39, 0.29) is 12.4 Å². The monoisotopic (exact) mass is 449 g/mol. The van der Waals surface area contributed by atoms with Crippen LogP contribution >= 0.6 is 47.6 Å². The number of amides is 2. The lowest BCUT2D eigenvalue weighted by Gasteiger charge is -2.40. The number of carbonyl (C=O) groups excluding carboxylic acids is 2. The molecule has 0 aliphatic heterocycles. The lowest BCUT2D eigenvalue weighted by Crippen LogP contribution is -2.64. The molecule has 2 aromatic carbocycles. The first kappa shape index (κ1) is 23.7. The fraction of sp³-hybridized carbons (Fsp3) is 0.263. The van der Waals surface area contributed by atoms with Gasteiger partial charge in [-0.05, 0) is 68.2 Å². The number of hydrogen-bond donors (Lipinski definition) is 0. The van der Waals surface area contributed by atoms with Gasteiger partial charge in [0.1, 0.15) is 5.54 Å². The van der Waals surface area contributed by atoms with E-state index in [0.717, 1.165) is 10.1 Å². The molecule has 0 heterocycles. The normalized spacial score (nSPS) is 13.3. The van der Waals surface area contributed by atoms with Crippen molar-refractivity contribution >= 4 is 59.4 Å². The Hall–Kier alpha value is -1.30. The summed E-state index contributed by atoms with van der Waals surface area (Å²) < 4.78 is -0.212. The van der Waals surface area contributed by atoms with Gasteiger partial charge in [-0.3, -0.25) is 4.79 Å². The number of halogens is 4. The minimum Gasteiger partial charge on any atom is -0.262 e. The summed E-state index contributed by atoms with van der Waals surface area (Å²) in [6.45, 7) is 7.05. The first-order valence-electron chi connectivity index (χ1n) is 7.95. The van der Waals surface area contributed by atoms with E-state index >= 15 is 0 Å². The van der Waals surface area contributed by atoms with Crippen LogP contribution in [0.2, 0.25) is 5.02 Å². The van der Waals surface area contributed by atoms with Crippen molar-refractivity contribution in [2.75, 3.05) is 0 Å². The van der Waals surface area contributed by atoms with E-state index in [9.17, 15) is 9.59 Å². The molecule has 0 saturated heterocycles. The molecule has 0 radical (unpaired) electrons. The van der Waals surface area contributed by atoms with E-state index in [1.807, 2.05) is 13.0 Å². The number of nitrogens with zero attached hydrogens (tertiary/aromatic N) is 2. The van der Waals surface area contributed by atoms with Crippen molar-refractivity contribution in [3.05, 3.63) is 70.2 Å². The molecule has 0 aromatic heterocycles. The number of carbonyl (C=O) groups is 2. The predicted molar refractivity (Wildman–Crippen MR) is 112 cm³/mol. The van der Waals surface area contributed by atoms with Crippen molar-refractivity contribution in [2.45, 2.75) is 33.2 Å². The molecule has 0 aliphatic carbocycles. The van der Waals surface area contributed by atoms with Gasteiger partial charge in [-0.15, -0.1) is 12.4 Å². The topological polar surface area (TPSA) is 37.4 Å². The predicted octanol–water partition coefficient (Wildman–Crippen LogP) is 6.19. The fourth-order valence-electron chi connectivity index (χ4n) is 2.42. The van der Waals surface area contributed by atoms with E-state index in [0.29, 0.717) is 16.1 Å². The standard InChI is InChI=1S/C19H20Cl3N2O2.ClH/c1-13-6-5-7-15(12-13)17(25)23(21)24(22,19(2,3)4)18(26)14-8-10-16(20)11-9-14;/h5-12H,1-4H3;1H/q+1;. The fourth-order valence-corrected chi connectivity index (χ4v) is 3.11. The highest BCUT2D eigenvalue weighted by Crippen LogP contribution is 2.37. The molecule has 146 valence electrons. The van der Waals surface area contributed by atoms with E-state index in [2.05, 4.69) is 0 Å². The molecule has 1 atom stereocenters. The molecule has 8 heteroatoms. The Morgan fingerprint density at radius 3 is 2.04 bits per heavy atom. The van der Waals surface area contributed by atoms with Gasteiger partial charge in [0, 0.05) is 10.6 Å². The van der Waals surface area contributed by atoms with Crippen LogP contribution < -0.4 is 0 Å². The van der Waals surface area contributed by atoms with Crippen LogP contribution in [-0.2, 0) is 0 Å². The maximum absolute atomic E-state index is 13.2. The smallest absolute Gasteiger partial charge is 0.262 e. The Morgan fingerprint density at radius 1 is 1.00 bits per heavy atom. The molecule has 0 aliphatic rings. The van der Waals surface area contributed by atoms with Crippen LogP contribution in [0.1, 0.15) is 47.1 Å². The molecule has 1 unspecified atom stereocenters. The molecule has 0 bridgehead atoms. The van der Waals surface area contributed by atoms with Gasteiger partial charge >= 0.3 is 11.8 Å². The Bertz CT molecular complexity index is 834. The van der Waals surface area contributed by atoms with Crippen molar-refractivity contribution in [3.8, 4) is 0 Å². The second kappa shape index (κ2) is 8.80. The molecule has 4 nitrogen and oxygen atoms in total. The molecule has 2 rings (SSSR count). The highest BCUT2D eigenvalue weighted by molar-refractivity contribution is 6.30. The molecule has 0 fully saturated rings. The first-order valence-corrected chi connectivity index (χ1v) is 9.00. The van der Waals surface area contributed by atoms with Crippen LogP contribution in [0.5, 0.6) is 0 Å². The molecule has 2 aromatic rings. The molecular formula is C19H21Cl4N2O2+. The summed E-state index contributed by atoms with van der Waals surface area (Å²) in [5.41, 5.74) is 0.631. The van der Waals surface area contributed by atoms with Crippen molar-refractivity contribution in [1.82, 2.24) is 4.53 Å². The molecular weight excluding hydrogens is 430 g/mol. The van der Waals surface area contributed by atoms with Crippen LogP contribution in [0.25, 0.3) is 0 Å². The summed E-state index contributed by atoms with van der Waals surface area (Å²) in [5, 5.41) is 0.489. The molecule has 2 amide bonds. The van der Waals surface area contributed by atoms with E-state index in [1.165, 1.54) is 0 Å². The van der Waals surface area contributed by atoms with Gasteiger partial charge < -0.3 is 0 Å². The Kier molecular flexibility index (Phi) is 7.74. The van der Waals surface area contributed by atoms with Gasteiger partial charge in [-0.1, -0.05) is 33.8 Å². The first-order chi connectivity index (χ1) is 12.0. The lowest BCUT2D eigenvalue weighted by atomic mass is 10.1. The summed E-state index contributed by atoms with van der Waals surface area (Å²) in [7, 11) is 0. The largest absolute Gasteiger partial charge is 0.390 e. The highest BCUT2D eigenvalue weighted by Gasteiger charge is 2.56. The van der Waals surface area contributed by atoms with Gasteiger partial charge in [0.25, 0.3) is 0 Å². The summed E-state index contributed by atoms with van der Waals surface area (Å²) in [5.74, 6) is -1.10. The Balaban J connectivity index is 0.00000364. The number of rotatable bonds is 2. The van der Waals surface area contributed by atoms with E-state index in [1.54, 1.807) is 63.2 Å². The maximum atomic E-state index is 13.2. The summed E-state index contributed by atoms with van der Waals surface area (Å²) in [6, 6.07) is 13.2. The van der Waals surface area contributed by atoms with Gasteiger partial charge in [-0.2, -0.15) is 0 Å². The molecule has 0 spiro atoms. The second-order valence-corrected chi connectivity index (χ2v) is 8.22. The van der Waals surface area contributed by atoms with Gasteiger partial charge in [0.05, 0.1) is 17.3 Å². The minimum atomic E-state index is -0.955. The average Bonchev–Trinajstić information content (AvgIpc) is 2.58. The van der Waals surface area contributed by atoms with Crippen LogP contribution in [-0.4, -0.2) is 26.0 Å². The van der Waals surface area contributed by atoms with E-state index in [4.69, 9.17) is 35.2 Å². The quantitative estimate of drug-likeness (QED) is 0.404. The molecule has 27 heavy (non-hydrogen) atoms. The van der Waals surface area contributed by atoms with Crippen molar-refractivity contribution in [2.24, 2.45) is 0 Å². The van der Waals surface area contributed by atoms with Gasteiger partial charge in [0.2, 0.25) is 11.8 Å². The van der Waals surface area contributed by atoms with Gasteiger partial charge in [-0.25, -0.2) is 4.79 Å². The minimum absolute atomic E-state index is 0. The molecule has 0 N–H and O–H groups in total. The second-order valence-electron chi connectivity index (χ2n) is 6.97. The maximum Gasteiger partial charge on any atom is 0.390 e. The Morgan fingerprint density at radius 2 is 1.56 bits per heavy atom. The van der Waals surface area contributed by atoms with Crippen LogP contribution in [0.15, 0.2) is 48.5 Å². The summed E-state index contributed by atoms with van der Waals surface area (Å²) in [4.78, 5) is 26.1. The third-order valence-electron chi connectivity index (χ3n) is 3.92. The Labute approximate surface area is 180 Å². The number of aryl methyl sites for hydroxylation is 1. The van der Waals surface area contributed by atoms with Crippen LogP contribution in [0.3, 0.4) is 0 Å². The van der Waals surface area contributed by atoms with E-state index < -0.39 is 21.5 Å². The third-order valence-corrected chi connectivity index (χ3v) is 5.45. The number of hydrogen-bond acceptors (Lipinski definition) is 2. The molecule has 0 saturated carbocycles. The SMILES string of the molecule is Cc1cccc(C(=O)N(Cl)[N+](Cl)(C(=O)c2ccc(Cl)cc2)C(C)(C)C)c1.Cl.